The molecule has 34 heavy (non-hydrogen) atoms. The van der Waals surface area contributed by atoms with Crippen molar-refractivity contribution in [2.45, 2.75) is 13.0 Å². The number of allylic oxidation sites excluding steroid dienone is 1. The fraction of sp³-hybridized carbons (Fsp3) is 0.0800. The fourth-order valence-corrected chi connectivity index (χ4v) is 6.07. The van der Waals surface area contributed by atoms with E-state index >= 15 is 0 Å². The van der Waals surface area contributed by atoms with Gasteiger partial charge in [-0.3, -0.25) is 14.2 Å². The Hall–Kier alpha value is -3.27. The lowest BCUT2D eigenvalue weighted by Gasteiger charge is -2.24. The first kappa shape index (κ1) is 22.5. The number of hydrogen-bond donors (Lipinski definition) is 2. The van der Waals surface area contributed by atoms with E-state index in [0.717, 1.165) is 9.35 Å². The first-order valence-corrected chi connectivity index (χ1v) is 12.8. The highest BCUT2D eigenvalue weighted by Crippen LogP contribution is 2.33. The van der Waals surface area contributed by atoms with Crippen LogP contribution in [0, 0.1) is 0 Å². The molecule has 2 aromatic heterocycles. The van der Waals surface area contributed by atoms with E-state index in [1.54, 1.807) is 35.8 Å². The molecule has 0 spiro atoms. The molecule has 1 aliphatic rings. The minimum Gasteiger partial charge on any atom is -0.507 e. The van der Waals surface area contributed by atoms with Crippen LogP contribution in [0.4, 0.5) is 5.69 Å². The molecule has 0 fully saturated rings. The normalized spacial score (nSPS) is 15.7. The molecule has 1 unspecified atom stereocenters. The number of halogens is 1. The SMILES string of the molecule is CC1=C(C(=O)Nc2ccccc2)C(c2cccs2)n2c(sc(=Cc3cc(Br)ccc3O)c2=O)=N1. The molecule has 0 saturated carbocycles. The average Bonchev–Trinajstić information content (AvgIpc) is 3.45. The smallest absolute Gasteiger partial charge is 0.271 e. The number of amides is 1. The molecule has 2 aromatic carbocycles. The Kier molecular flexibility index (Phi) is 6.07. The standard InChI is InChI=1S/C25H18BrN3O3S2/c1-14-21(23(31)28-17-6-3-2-4-7-17)22(19-8-5-11-33-19)29-24(32)20(34-25(29)27-14)13-15-12-16(26)9-10-18(15)30/h2-13,22,30H,1H3,(H,28,31). The van der Waals surface area contributed by atoms with Crippen LogP contribution in [0.15, 0.2) is 91.6 Å². The summed E-state index contributed by atoms with van der Waals surface area (Å²) in [6.45, 7) is 1.79. The Morgan fingerprint density at radius 3 is 2.71 bits per heavy atom. The van der Waals surface area contributed by atoms with Crippen LogP contribution in [0.2, 0.25) is 0 Å². The first-order valence-electron chi connectivity index (χ1n) is 10.3. The van der Waals surface area contributed by atoms with E-state index in [1.165, 1.54) is 22.7 Å². The monoisotopic (exact) mass is 551 g/mol. The van der Waals surface area contributed by atoms with Crippen LogP contribution in [0.5, 0.6) is 5.75 Å². The van der Waals surface area contributed by atoms with Crippen molar-refractivity contribution in [3.63, 3.8) is 0 Å². The third-order valence-electron chi connectivity index (χ3n) is 5.39. The summed E-state index contributed by atoms with van der Waals surface area (Å²) in [7, 11) is 0. The van der Waals surface area contributed by atoms with Crippen LogP contribution in [0.1, 0.15) is 23.4 Å². The van der Waals surface area contributed by atoms with Gasteiger partial charge in [-0.05, 0) is 54.8 Å². The van der Waals surface area contributed by atoms with Crippen molar-refractivity contribution in [3.8, 4) is 5.75 Å². The number of aromatic hydroxyl groups is 1. The van der Waals surface area contributed by atoms with Gasteiger partial charge in [-0.15, -0.1) is 11.3 Å². The summed E-state index contributed by atoms with van der Waals surface area (Å²) in [5, 5.41) is 15.1. The van der Waals surface area contributed by atoms with E-state index in [2.05, 4.69) is 26.2 Å². The number of nitrogens with one attached hydrogen (secondary N) is 1. The molecule has 1 atom stereocenters. The Bertz CT molecular complexity index is 1600. The van der Waals surface area contributed by atoms with Gasteiger partial charge in [0.15, 0.2) is 4.80 Å². The van der Waals surface area contributed by atoms with Gasteiger partial charge in [-0.2, -0.15) is 0 Å². The minimum atomic E-state index is -0.599. The van der Waals surface area contributed by atoms with Crippen molar-refractivity contribution in [1.29, 1.82) is 0 Å². The van der Waals surface area contributed by atoms with Crippen molar-refractivity contribution >= 4 is 56.3 Å². The first-order chi connectivity index (χ1) is 16.4. The van der Waals surface area contributed by atoms with Crippen LogP contribution in [-0.2, 0) is 4.79 Å². The summed E-state index contributed by atoms with van der Waals surface area (Å²) in [5.41, 5.74) is 1.91. The number of thiophene rings is 1. The van der Waals surface area contributed by atoms with E-state index in [4.69, 9.17) is 0 Å². The van der Waals surface area contributed by atoms with E-state index < -0.39 is 6.04 Å². The number of phenols is 1. The van der Waals surface area contributed by atoms with Crippen molar-refractivity contribution in [3.05, 3.63) is 112 Å². The Morgan fingerprint density at radius 1 is 1.18 bits per heavy atom. The van der Waals surface area contributed by atoms with Crippen LogP contribution in [-0.4, -0.2) is 15.6 Å². The topological polar surface area (TPSA) is 83.7 Å². The number of para-hydroxylation sites is 1. The number of nitrogens with zero attached hydrogens (tertiary/aromatic N) is 2. The second-order valence-electron chi connectivity index (χ2n) is 7.62. The molecule has 0 radical (unpaired) electrons. The van der Waals surface area contributed by atoms with Crippen LogP contribution in [0.25, 0.3) is 6.08 Å². The second kappa shape index (κ2) is 9.17. The highest BCUT2D eigenvalue weighted by Gasteiger charge is 2.33. The van der Waals surface area contributed by atoms with Crippen LogP contribution in [0.3, 0.4) is 0 Å². The molecule has 1 aliphatic heterocycles. The highest BCUT2D eigenvalue weighted by molar-refractivity contribution is 9.10. The predicted molar refractivity (Wildman–Crippen MR) is 139 cm³/mol. The number of benzene rings is 2. The number of fused-ring (bicyclic) bond motifs is 1. The molecule has 0 bridgehead atoms. The van der Waals surface area contributed by atoms with Crippen LogP contribution >= 0.6 is 38.6 Å². The van der Waals surface area contributed by atoms with Gasteiger partial charge in [0.05, 0.1) is 15.8 Å². The molecule has 1 amide bonds. The predicted octanol–water partition coefficient (Wildman–Crippen LogP) is 4.40. The molecule has 9 heteroatoms. The third kappa shape index (κ3) is 4.18. The summed E-state index contributed by atoms with van der Waals surface area (Å²) in [6.07, 6.45) is 1.65. The van der Waals surface area contributed by atoms with E-state index in [1.807, 2.05) is 47.8 Å². The average molecular weight is 552 g/mol. The number of hydrogen-bond acceptors (Lipinski definition) is 6. The minimum absolute atomic E-state index is 0.0722. The van der Waals surface area contributed by atoms with Crippen molar-refractivity contribution < 1.29 is 9.90 Å². The Balaban J connectivity index is 1.67. The zero-order chi connectivity index (χ0) is 23.8. The quantitative estimate of drug-likeness (QED) is 0.394. The van der Waals surface area contributed by atoms with Gasteiger partial charge in [0.1, 0.15) is 11.8 Å². The summed E-state index contributed by atoms with van der Waals surface area (Å²) in [4.78, 5) is 33.0. The van der Waals surface area contributed by atoms with Crippen molar-refractivity contribution in [2.75, 3.05) is 5.32 Å². The van der Waals surface area contributed by atoms with E-state index in [0.29, 0.717) is 31.9 Å². The zero-order valence-electron chi connectivity index (χ0n) is 17.9. The summed E-state index contributed by atoms with van der Waals surface area (Å²) < 4.78 is 2.78. The number of thiazole rings is 1. The lowest BCUT2D eigenvalue weighted by atomic mass is 10.0. The summed E-state index contributed by atoms with van der Waals surface area (Å²) in [6, 6.07) is 17.5. The molecule has 3 heterocycles. The molecule has 170 valence electrons. The number of phenolic OH excluding ortho intramolecular Hbond substituents is 1. The fourth-order valence-electron chi connectivity index (χ4n) is 3.83. The summed E-state index contributed by atoms with van der Waals surface area (Å²) >= 11 is 6.12. The van der Waals surface area contributed by atoms with Gasteiger partial charge >= 0.3 is 0 Å². The molecule has 4 aromatic rings. The molecule has 6 nitrogen and oxygen atoms in total. The van der Waals surface area contributed by atoms with Gasteiger partial charge in [-0.25, -0.2) is 4.99 Å². The largest absolute Gasteiger partial charge is 0.507 e. The van der Waals surface area contributed by atoms with E-state index in [-0.39, 0.29) is 17.2 Å². The van der Waals surface area contributed by atoms with Gasteiger partial charge in [0.25, 0.3) is 11.5 Å². The zero-order valence-corrected chi connectivity index (χ0v) is 21.1. The van der Waals surface area contributed by atoms with Crippen molar-refractivity contribution in [1.82, 2.24) is 4.57 Å². The number of rotatable bonds is 4. The number of carbonyl (C=O) groups is 1. The number of anilines is 1. The third-order valence-corrected chi connectivity index (χ3v) is 7.79. The van der Waals surface area contributed by atoms with Gasteiger partial charge in [0, 0.05) is 20.6 Å². The molecule has 0 saturated heterocycles. The molecule has 5 rings (SSSR count). The second-order valence-corrected chi connectivity index (χ2v) is 10.5. The maximum absolute atomic E-state index is 13.6. The lowest BCUT2D eigenvalue weighted by molar-refractivity contribution is -0.113. The van der Waals surface area contributed by atoms with Gasteiger partial charge < -0.3 is 10.4 Å². The van der Waals surface area contributed by atoms with Gasteiger partial charge in [0.2, 0.25) is 0 Å². The maximum Gasteiger partial charge on any atom is 0.271 e. The molecular formula is C25H18BrN3O3S2. The van der Waals surface area contributed by atoms with Crippen molar-refractivity contribution in [2.24, 2.45) is 4.99 Å². The molecule has 2 N–H and O–H groups in total. The molecular weight excluding hydrogens is 534 g/mol. The number of aromatic nitrogens is 1. The Morgan fingerprint density at radius 2 is 1.97 bits per heavy atom. The Labute approximate surface area is 211 Å². The maximum atomic E-state index is 13.6. The van der Waals surface area contributed by atoms with E-state index in [9.17, 15) is 14.7 Å². The van der Waals surface area contributed by atoms with Crippen LogP contribution < -0.4 is 20.2 Å². The van der Waals surface area contributed by atoms with Gasteiger partial charge in [-0.1, -0.05) is 51.5 Å². The highest BCUT2D eigenvalue weighted by atomic mass is 79.9. The molecule has 0 aliphatic carbocycles. The summed E-state index contributed by atoms with van der Waals surface area (Å²) in [5.74, 6) is -0.229. The lowest BCUT2D eigenvalue weighted by Crippen LogP contribution is -2.40. The number of carbonyl (C=O) groups excluding carboxylic acids is 1.